The summed E-state index contributed by atoms with van der Waals surface area (Å²) < 4.78 is 29.1. The molecule has 4 aromatic rings. The van der Waals surface area contributed by atoms with Gasteiger partial charge in [-0.25, -0.2) is 18.1 Å². The van der Waals surface area contributed by atoms with Crippen LogP contribution < -0.4 is 15.4 Å². The third-order valence-corrected chi connectivity index (χ3v) is 8.62. The number of hydrogen-bond donors (Lipinski definition) is 4. The van der Waals surface area contributed by atoms with Crippen LogP contribution in [-0.2, 0) is 14.8 Å². The van der Waals surface area contributed by atoms with Crippen molar-refractivity contribution >= 4 is 38.6 Å². The highest BCUT2D eigenvalue weighted by Crippen LogP contribution is 2.28. The lowest BCUT2D eigenvalue weighted by Crippen LogP contribution is -2.41. The normalized spacial score (nSPS) is 18.3. The topological polar surface area (TPSA) is 140 Å². The molecule has 0 saturated heterocycles. The van der Waals surface area contributed by atoms with Crippen LogP contribution >= 0.6 is 0 Å². The van der Waals surface area contributed by atoms with E-state index < -0.39 is 10.0 Å². The molecule has 0 aliphatic heterocycles. The van der Waals surface area contributed by atoms with E-state index in [1.807, 2.05) is 43.3 Å². The van der Waals surface area contributed by atoms with Crippen LogP contribution in [0.25, 0.3) is 11.0 Å². The molecule has 4 N–H and O–H groups in total. The molecule has 0 bridgehead atoms. The summed E-state index contributed by atoms with van der Waals surface area (Å²) in [6.07, 6.45) is 2.44. The van der Waals surface area contributed by atoms with Crippen LogP contribution in [0.15, 0.2) is 77.7 Å². The number of imidazole rings is 1. The average Bonchev–Trinajstić information content (AvgIpc) is 3.35. The minimum atomic E-state index is -3.76. The van der Waals surface area contributed by atoms with Gasteiger partial charge in [0.05, 0.1) is 33.6 Å². The highest BCUT2D eigenvalue weighted by molar-refractivity contribution is 7.89. The summed E-state index contributed by atoms with van der Waals surface area (Å²) >= 11 is 0. The second kappa shape index (κ2) is 11.3. The van der Waals surface area contributed by atoms with Gasteiger partial charge in [0.1, 0.15) is 0 Å². The van der Waals surface area contributed by atoms with Crippen molar-refractivity contribution in [1.29, 1.82) is 5.26 Å². The molecule has 0 radical (unpaired) electrons. The summed E-state index contributed by atoms with van der Waals surface area (Å²) in [7, 11) is -3.76. The second-order valence-corrected chi connectivity index (χ2v) is 11.6. The van der Waals surface area contributed by atoms with Crippen molar-refractivity contribution in [2.75, 3.05) is 5.32 Å². The number of amides is 1. The van der Waals surface area contributed by atoms with Gasteiger partial charge in [0.2, 0.25) is 21.9 Å². The number of nitrogens with zero attached hydrogens (tertiary/aromatic N) is 2. The van der Waals surface area contributed by atoms with Gasteiger partial charge in [-0.1, -0.05) is 36.4 Å². The van der Waals surface area contributed by atoms with E-state index in [2.05, 4.69) is 31.4 Å². The van der Waals surface area contributed by atoms with E-state index in [4.69, 9.17) is 5.26 Å². The van der Waals surface area contributed by atoms with E-state index in [0.29, 0.717) is 53.9 Å². The molecule has 0 unspecified atom stereocenters. The molecule has 10 heteroatoms. The van der Waals surface area contributed by atoms with Crippen molar-refractivity contribution in [3.63, 3.8) is 0 Å². The first-order valence-electron chi connectivity index (χ1n) is 13.0. The largest absolute Gasteiger partial charge is 0.349 e. The fraction of sp³-hybridized carbons (Fsp3) is 0.276. The van der Waals surface area contributed by atoms with Crippen LogP contribution in [-0.4, -0.2) is 30.3 Å². The number of sulfonamides is 1. The first-order chi connectivity index (χ1) is 18.8. The molecule has 9 nitrogen and oxygen atoms in total. The number of carbonyl (C=O) groups excluding carboxylic acids is 1. The van der Waals surface area contributed by atoms with Crippen LogP contribution in [0.4, 0.5) is 11.6 Å². The van der Waals surface area contributed by atoms with Gasteiger partial charge < -0.3 is 15.6 Å². The summed E-state index contributed by atoms with van der Waals surface area (Å²) in [5.74, 6) is 0.332. The van der Waals surface area contributed by atoms with Gasteiger partial charge in [0, 0.05) is 17.6 Å². The number of anilines is 2. The van der Waals surface area contributed by atoms with Gasteiger partial charge in [-0.05, 0) is 74.6 Å². The molecule has 5 rings (SSSR count). The molecule has 0 spiro atoms. The van der Waals surface area contributed by atoms with Gasteiger partial charge in [0.25, 0.3) is 0 Å². The van der Waals surface area contributed by atoms with Crippen molar-refractivity contribution in [2.24, 2.45) is 5.92 Å². The lowest BCUT2D eigenvalue weighted by Gasteiger charge is -2.29. The van der Waals surface area contributed by atoms with Crippen molar-refractivity contribution < 1.29 is 13.2 Å². The number of H-pyrrole nitrogens is 1. The minimum Gasteiger partial charge on any atom is -0.349 e. The Kier molecular flexibility index (Phi) is 7.63. The number of nitrogens with one attached hydrogen (secondary N) is 4. The van der Waals surface area contributed by atoms with Gasteiger partial charge in [0.15, 0.2) is 0 Å². The number of nitriles is 1. The second-order valence-electron chi connectivity index (χ2n) is 9.89. The molecular formula is C29H30N6O3S. The van der Waals surface area contributed by atoms with E-state index >= 15 is 0 Å². The van der Waals surface area contributed by atoms with Gasteiger partial charge in [-0.3, -0.25) is 4.79 Å². The summed E-state index contributed by atoms with van der Waals surface area (Å²) in [5.41, 5.74) is 3.46. The van der Waals surface area contributed by atoms with E-state index in [9.17, 15) is 13.2 Å². The maximum atomic E-state index is 13.2. The van der Waals surface area contributed by atoms with E-state index in [1.165, 1.54) is 6.07 Å². The molecule has 1 aromatic heterocycles. The predicted molar refractivity (Wildman–Crippen MR) is 150 cm³/mol. The zero-order valence-electron chi connectivity index (χ0n) is 21.5. The van der Waals surface area contributed by atoms with Crippen LogP contribution in [0.3, 0.4) is 0 Å². The maximum Gasteiger partial charge on any atom is 0.240 e. The molecule has 1 atom stereocenters. The number of fused-ring (bicyclic) bond motifs is 1. The molecule has 3 aromatic carbocycles. The van der Waals surface area contributed by atoms with Gasteiger partial charge >= 0.3 is 0 Å². The summed E-state index contributed by atoms with van der Waals surface area (Å²) in [6.45, 7) is 1.97. The molecule has 1 amide bonds. The minimum absolute atomic E-state index is 0.0143. The molecular weight excluding hydrogens is 512 g/mol. The fourth-order valence-electron chi connectivity index (χ4n) is 4.93. The Morgan fingerprint density at radius 2 is 1.79 bits per heavy atom. The van der Waals surface area contributed by atoms with E-state index in [0.717, 1.165) is 5.56 Å². The highest BCUT2D eigenvalue weighted by atomic mass is 32.2. The van der Waals surface area contributed by atoms with Crippen molar-refractivity contribution in [3.8, 4) is 6.07 Å². The third kappa shape index (κ3) is 6.28. The summed E-state index contributed by atoms with van der Waals surface area (Å²) in [5, 5.41) is 15.3. The monoisotopic (exact) mass is 542 g/mol. The van der Waals surface area contributed by atoms with Crippen molar-refractivity contribution in [1.82, 2.24) is 20.0 Å². The number of carbonyl (C=O) groups is 1. The number of rotatable bonds is 8. The third-order valence-electron chi connectivity index (χ3n) is 7.10. The van der Waals surface area contributed by atoms with E-state index in [-0.39, 0.29) is 28.8 Å². The van der Waals surface area contributed by atoms with Crippen LogP contribution in [0, 0.1) is 17.2 Å². The smallest absolute Gasteiger partial charge is 0.240 e. The van der Waals surface area contributed by atoms with Crippen LogP contribution in [0.1, 0.15) is 49.8 Å². The standard InChI is InChI=1S/C29H30N6O3S/c1-19(21-7-3-2-4-8-21)31-28(36)22-10-12-23(13-11-22)35-39(37,38)25-14-15-26-27(17-25)34-29(33-26)32-24-9-5-6-20(16-24)18-30/h2-9,14-17,19,22-23,35H,10-13H2,1H3,(H,31,36)(H2,32,33,34)/t19-,22-,23-/m1/s1. The van der Waals surface area contributed by atoms with Gasteiger partial charge in [-0.15, -0.1) is 0 Å². The van der Waals surface area contributed by atoms with Crippen molar-refractivity contribution in [2.45, 2.75) is 49.6 Å². The molecule has 1 saturated carbocycles. The number of benzene rings is 3. The summed E-state index contributed by atoms with van der Waals surface area (Å²) in [6, 6.07) is 23.4. The maximum absolute atomic E-state index is 13.2. The molecule has 39 heavy (non-hydrogen) atoms. The number of aromatic nitrogens is 2. The Morgan fingerprint density at radius 1 is 1.03 bits per heavy atom. The molecule has 1 aliphatic carbocycles. The quantitative estimate of drug-likeness (QED) is 0.250. The van der Waals surface area contributed by atoms with Crippen molar-refractivity contribution in [3.05, 3.63) is 83.9 Å². The Labute approximate surface area is 227 Å². The Hall–Kier alpha value is -4.20. The number of aromatic amines is 1. The molecule has 1 heterocycles. The Morgan fingerprint density at radius 3 is 2.54 bits per heavy atom. The van der Waals surface area contributed by atoms with E-state index in [1.54, 1.807) is 30.3 Å². The predicted octanol–water partition coefficient (Wildman–Crippen LogP) is 4.89. The van der Waals surface area contributed by atoms with Gasteiger partial charge in [-0.2, -0.15) is 5.26 Å². The molecule has 200 valence electrons. The summed E-state index contributed by atoms with van der Waals surface area (Å²) in [4.78, 5) is 20.5. The zero-order valence-corrected chi connectivity index (χ0v) is 22.3. The van der Waals surface area contributed by atoms with Crippen LogP contribution in [0.5, 0.6) is 0 Å². The average molecular weight is 543 g/mol. The lowest BCUT2D eigenvalue weighted by molar-refractivity contribution is -0.126. The molecule has 1 aliphatic rings. The SMILES string of the molecule is C[C@@H](NC(=O)[C@H]1CC[C@H](NS(=O)(=O)c2ccc3[nH]c(Nc4cccc(C#N)c4)nc3c2)CC1)c1ccccc1. The first kappa shape index (κ1) is 26.4. The Balaban J connectivity index is 1.18. The lowest BCUT2D eigenvalue weighted by atomic mass is 9.85. The highest BCUT2D eigenvalue weighted by Gasteiger charge is 2.30. The Bertz CT molecular complexity index is 1620. The zero-order chi connectivity index (χ0) is 27.4. The number of hydrogen-bond acceptors (Lipinski definition) is 6. The first-order valence-corrected chi connectivity index (χ1v) is 14.4. The molecule has 1 fully saturated rings. The van der Waals surface area contributed by atoms with Crippen LogP contribution in [0.2, 0.25) is 0 Å². The fourth-order valence-corrected chi connectivity index (χ4v) is 6.26.